The van der Waals surface area contributed by atoms with E-state index in [-0.39, 0.29) is 12.1 Å². The maximum atomic E-state index is 6.18. The van der Waals surface area contributed by atoms with Crippen LogP contribution in [0.5, 0.6) is 0 Å². The Bertz CT molecular complexity index is 405. The van der Waals surface area contributed by atoms with E-state index in [4.69, 9.17) is 27.9 Å². The summed E-state index contributed by atoms with van der Waals surface area (Å²) >= 11 is 15.5. The first-order valence-electron chi connectivity index (χ1n) is 5.37. The lowest BCUT2D eigenvalue weighted by atomic mass is 10.2. The Morgan fingerprint density at radius 3 is 3.00 bits per heavy atom. The summed E-state index contributed by atoms with van der Waals surface area (Å²) in [4.78, 5) is 6.47. The van der Waals surface area contributed by atoms with Crippen molar-refractivity contribution in [1.29, 1.82) is 0 Å². The molecule has 0 aliphatic carbocycles. The number of nitrogens with zero attached hydrogens (tertiary/aromatic N) is 2. The summed E-state index contributed by atoms with van der Waals surface area (Å²) < 4.78 is 5.67. The summed E-state index contributed by atoms with van der Waals surface area (Å²) in [6, 6.07) is 1.98. The van der Waals surface area contributed by atoms with Gasteiger partial charge in [-0.15, -0.1) is 0 Å². The maximum Gasteiger partial charge on any atom is 0.147 e. The van der Waals surface area contributed by atoms with Gasteiger partial charge in [-0.2, -0.15) is 0 Å². The second-order valence-electron chi connectivity index (χ2n) is 4.07. The van der Waals surface area contributed by atoms with E-state index in [9.17, 15) is 0 Å². The number of hydrogen-bond donors (Lipinski definition) is 0. The van der Waals surface area contributed by atoms with Crippen molar-refractivity contribution >= 4 is 44.9 Å². The number of hydrogen-bond acceptors (Lipinski definition) is 3. The first-order chi connectivity index (χ1) is 8.11. The van der Waals surface area contributed by atoms with Crippen LogP contribution < -0.4 is 4.90 Å². The Morgan fingerprint density at radius 1 is 1.59 bits per heavy atom. The maximum absolute atomic E-state index is 6.18. The minimum atomic E-state index is 0.166. The molecule has 0 amide bonds. The van der Waals surface area contributed by atoms with Gasteiger partial charge in [-0.05, 0) is 13.0 Å². The fourth-order valence-electron chi connectivity index (χ4n) is 1.82. The zero-order chi connectivity index (χ0) is 12.4. The lowest BCUT2D eigenvalue weighted by Gasteiger charge is -2.38. The SMILES string of the molecule is CC1COC(CBr)CN1c1ncc(Cl)cc1Cl. The van der Waals surface area contributed by atoms with Gasteiger partial charge in [0.05, 0.1) is 28.8 Å². The first kappa shape index (κ1) is 13.4. The summed E-state index contributed by atoms with van der Waals surface area (Å²) in [7, 11) is 0. The minimum absolute atomic E-state index is 0.166. The highest BCUT2D eigenvalue weighted by Gasteiger charge is 2.27. The van der Waals surface area contributed by atoms with E-state index >= 15 is 0 Å². The first-order valence-corrected chi connectivity index (χ1v) is 7.24. The number of alkyl halides is 1. The van der Waals surface area contributed by atoms with Crippen LogP contribution in [0.1, 0.15) is 6.92 Å². The zero-order valence-electron chi connectivity index (χ0n) is 9.37. The molecule has 0 aromatic carbocycles. The number of rotatable bonds is 2. The predicted molar refractivity (Wildman–Crippen MR) is 74.6 cm³/mol. The van der Waals surface area contributed by atoms with Gasteiger partial charge in [0.2, 0.25) is 0 Å². The predicted octanol–water partition coefficient (Wildman–Crippen LogP) is 3.38. The quantitative estimate of drug-likeness (QED) is 0.772. The second kappa shape index (κ2) is 5.74. The number of morpholine rings is 1. The number of aromatic nitrogens is 1. The van der Waals surface area contributed by atoms with Crippen molar-refractivity contribution in [3.63, 3.8) is 0 Å². The molecule has 0 spiro atoms. The molecule has 1 aliphatic heterocycles. The van der Waals surface area contributed by atoms with Crippen LogP contribution in [0.25, 0.3) is 0 Å². The van der Waals surface area contributed by atoms with Crippen molar-refractivity contribution in [2.75, 3.05) is 23.4 Å². The topological polar surface area (TPSA) is 25.4 Å². The van der Waals surface area contributed by atoms with Gasteiger partial charge in [0.25, 0.3) is 0 Å². The van der Waals surface area contributed by atoms with Crippen molar-refractivity contribution in [1.82, 2.24) is 4.98 Å². The van der Waals surface area contributed by atoms with Crippen molar-refractivity contribution in [2.45, 2.75) is 19.1 Å². The van der Waals surface area contributed by atoms with Crippen LogP contribution in [0, 0.1) is 0 Å². The molecule has 0 saturated carbocycles. The molecule has 0 bridgehead atoms. The molecule has 0 N–H and O–H groups in total. The number of anilines is 1. The van der Waals surface area contributed by atoms with Crippen LogP contribution in [0.2, 0.25) is 10.0 Å². The van der Waals surface area contributed by atoms with E-state index in [1.165, 1.54) is 0 Å². The highest BCUT2D eigenvalue weighted by atomic mass is 79.9. The molecule has 17 heavy (non-hydrogen) atoms. The molecule has 6 heteroatoms. The van der Waals surface area contributed by atoms with Gasteiger partial charge in [0.1, 0.15) is 5.82 Å². The van der Waals surface area contributed by atoms with Crippen LogP contribution in [-0.4, -0.2) is 35.6 Å². The van der Waals surface area contributed by atoms with E-state index < -0.39 is 0 Å². The van der Waals surface area contributed by atoms with Gasteiger partial charge in [-0.1, -0.05) is 39.1 Å². The minimum Gasteiger partial charge on any atom is -0.373 e. The molecule has 3 nitrogen and oxygen atoms in total. The third-order valence-electron chi connectivity index (χ3n) is 2.74. The summed E-state index contributed by atoms with van der Waals surface area (Å²) in [6.07, 6.45) is 1.79. The van der Waals surface area contributed by atoms with Crippen molar-refractivity contribution in [3.05, 3.63) is 22.3 Å². The molecule has 2 atom stereocenters. The van der Waals surface area contributed by atoms with Gasteiger partial charge >= 0.3 is 0 Å². The summed E-state index contributed by atoms with van der Waals surface area (Å²) in [6.45, 7) is 3.55. The van der Waals surface area contributed by atoms with Crippen LogP contribution in [0.4, 0.5) is 5.82 Å². The summed E-state index contributed by atoms with van der Waals surface area (Å²) in [5, 5.41) is 1.94. The fourth-order valence-corrected chi connectivity index (χ4v) is 2.70. The van der Waals surface area contributed by atoms with E-state index in [1.807, 2.05) is 0 Å². The molecule has 1 saturated heterocycles. The van der Waals surface area contributed by atoms with Crippen molar-refractivity contribution < 1.29 is 4.74 Å². The largest absolute Gasteiger partial charge is 0.373 e. The van der Waals surface area contributed by atoms with E-state index in [2.05, 4.69) is 32.7 Å². The van der Waals surface area contributed by atoms with E-state index in [0.717, 1.165) is 17.7 Å². The van der Waals surface area contributed by atoms with Crippen LogP contribution in [0.3, 0.4) is 0 Å². The van der Waals surface area contributed by atoms with Gasteiger partial charge < -0.3 is 9.64 Å². The van der Waals surface area contributed by atoms with Gasteiger partial charge in [-0.3, -0.25) is 0 Å². The van der Waals surface area contributed by atoms with E-state index in [1.54, 1.807) is 12.3 Å². The molecule has 1 aromatic heterocycles. The van der Waals surface area contributed by atoms with Crippen LogP contribution >= 0.6 is 39.1 Å². The standard InChI is InChI=1S/C11H13BrCl2N2O/c1-7-6-17-9(3-12)5-16(7)11-10(14)2-8(13)4-15-11/h2,4,7,9H,3,5-6H2,1H3. The molecular weight excluding hydrogens is 327 g/mol. The molecular formula is C11H13BrCl2N2O. The molecule has 2 unspecified atom stereocenters. The zero-order valence-corrected chi connectivity index (χ0v) is 12.5. The lowest BCUT2D eigenvalue weighted by molar-refractivity contribution is 0.0376. The molecule has 1 fully saturated rings. The van der Waals surface area contributed by atoms with Gasteiger partial charge in [0.15, 0.2) is 0 Å². The molecule has 2 heterocycles. The Balaban J connectivity index is 2.24. The smallest absolute Gasteiger partial charge is 0.147 e. The Labute approximate surface area is 119 Å². The Hall–Kier alpha value is -0.0300. The molecule has 94 valence electrons. The highest BCUT2D eigenvalue weighted by Crippen LogP contribution is 2.29. The normalized spacial score (nSPS) is 25.1. The molecule has 1 aromatic rings. The third-order valence-corrected chi connectivity index (χ3v) is 3.95. The fraction of sp³-hybridized carbons (Fsp3) is 0.545. The molecule has 2 rings (SSSR count). The van der Waals surface area contributed by atoms with Crippen LogP contribution in [0.15, 0.2) is 12.3 Å². The summed E-state index contributed by atoms with van der Waals surface area (Å²) in [5.74, 6) is 0.776. The molecule has 0 radical (unpaired) electrons. The average Bonchev–Trinajstić information content (AvgIpc) is 2.30. The highest BCUT2D eigenvalue weighted by molar-refractivity contribution is 9.09. The van der Waals surface area contributed by atoms with Crippen molar-refractivity contribution in [3.8, 4) is 0 Å². The van der Waals surface area contributed by atoms with Gasteiger partial charge in [0, 0.05) is 18.1 Å². The van der Waals surface area contributed by atoms with Crippen LogP contribution in [-0.2, 0) is 4.74 Å². The Morgan fingerprint density at radius 2 is 2.35 bits per heavy atom. The molecule has 1 aliphatic rings. The Kier molecular flexibility index (Phi) is 4.53. The number of ether oxygens (including phenoxy) is 1. The number of halogens is 3. The third kappa shape index (κ3) is 3.05. The average molecular weight is 340 g/mol. The number of pyridine rings is 1. The second-order valence-corrected chi connectivity index (χ2v) is 5.56. The monoisotopic (exact) mass is 338 g/mol. The summed E-state index contributed by atoms with van der Waals surface area (Å²) in [5.41, 5.74) is 0. The van der Waals surface area contributed by atoms with Crippen molar-refractivity contribution in [2.24, 2.45) is 0 Å². The van der Waals surface area contributed by atoms with Gasteiger partial charge in [-0.25, -0.2) is 4.98 Å². The lowest BCUT2D eigenvalue weighted by Crippen LogP contribution is -2.49. The van der Waals surface area contributed by atoms with E-state index in [0.29, 0.717) is 16.7 Å².